The van der Waals surface area contributed by atoms with Crippen LogP contribution in [0.5, 0.6) is 0 Å². The summed E-state index contributed by atoms with van der Waals surface area (Å²) in [5.41, 5.74) is 1.98. The number of hydrogen-bond acceptors (Lipinski definition) is 4. The summed E-state index contributed by atoms with van der Waals surface area (Å²) in [5, 5.41) is 3.33. The fraction of sp³-hybridized carbons (Fsp3) is 0.286. The Bertz CT molecular complexity index is 599. The van der Waals surface area contributed by atoms with E-state index in [1.807, 2.05) is 12.1 Å². The van der Waals surface area contributed by atoms with E-state index in [9.17, 15) is 4.79 Å². The summed E-state index contributed by atoms with van der Waals surface area (Å²) in [7, 11) is 0. The Balaban J connectivity index is 1.86. The van der Waals surface area contributed by atoms with Crippen molar-refractivity contribution in [3.8, 4) is 5.69 Å². The number of hydrogen-bond donors (Lipinski definition) is 1. The molecule has 0 aliphatic carbocycles. The molecule has 0 bridgehead atoms. The minimum absolute atomic E-state index is 0.0649. The van der Waals surface area contributed by atoms with Gasteiger partial charge >= 0.3 is 0 Å². The van der Waals surface area contributed by atoms with E-state index in [-0.39, 0.29) is 5.56 Å². The number of piperazine rings is 1. The Kier molecular flexibility index (Phi) is 3.29. The lowest BCUT2D eigenvalue weighted by Gasteiger charge is -2.29. The molecular formula is C14H16N4O. The monoisotopic (exact) mass is 256 g/mol. The molecular weight excluding hydrogens is 240 g/mol. The number of nitrogens with zero attached hydrogens (tertiary/aromatic N) is 3. The highest BCUT2D eigenvalue weighted by atomic mass is 16.1. The van der Waals surface area contributed by atoms with Crippen molar-refractivity contribution in [1.82, 2.24) is 14.9 Å². The van der Waals surface area contributed by atoms with Crippen LogP contribution >= 0.6 is 0 Å². The van der Waals surface area contributed by atoms with Crippen LogP contribution in [-0.4, -0.2) is 35.7 Å². The third-order valence-corrected chi connectivity index (χ3v) is 3.33. The first-order valence-corrected chi connectivity index (χ1v) is 6.43. The zero-order valence-electron chi connectivity index (χ0n) is 10.6. The Morgan fingerprint density at radius 3 is 2.37 bits per heavy atom. The minimum Gasteiger partial charge on any atom is -0.369 e. The molecule has 1 aromatic carbocycles. The van der Waals surface area contributed by atoms with Gasteiger partial charge in [0.2, 0.25) is 0 Å². The van der Waals surface area contributed by atoms with Crippen LogP contribution in [0.15, 0.2) is 47.7 Å². The van der Waals surface area contributed by atoms with Gasteiger partial charge < -0.3 is 10.2 Å². The maximum absolute atomic E-state index is 11.7. The summed E-state index contributed by atoms with van der Waals surface area (Å²) in [4.78, 5) is 18.0. The second kappa shape index (κ2) is 5.24. The molecule has 3 rings (SSSR count). The summed E-state index contributed by atoms with van der Waals surface area (Å²) in [5.74, 6) is 0. The standard InChI is InChI=1S/C14H16N4O/c19-14-5-6-16-11-18(14)13-3-1-12(2-4-13)17-9-7-15-8-10-17/h1-6,11,15H,7-10H2. The van der Waals surface area contributed by atoms with Gasteiger partial charge in [0.05, 0.1) is 5.69 Å². The van der Waals surface area contributed by atoms with E-state index < -0.39 is 0 Å². The van der Waals surface area contributed by atoms with E-state index in [4.69, 9.17) is 0 Å². The fourth-order valence-corrected chi connectivity index (χ4v) is 2.29. The van der Waals surface area contributed by atoms with E-state index in [2.05, 4.69) is 27.3 Å². The van der Waals surface area contributed by atoms with Crippen molar-refractivity contribution in [2.24, 2.45) is 0 Å². The van der Waals surface area contributed by atoms with Crippen molar-refractivity contribution in [2.45, 2.75) is 0 Å². The average Bonchev–Trinajstić information content (AvgIpc) is 2.49. The Morgan fingerprint density at radius 1 is 1.00 bits per heavy atom. The molecule has 1 aromatic heterocycles. The number of rotatable bonds is 2. The number of aromatic nitrogens is 2. The summed E-state index contributed by atoms with van der Waals surface area (Å²) in [6.45, 7) is 4.08. The van der Waals surface area contributed by atoms with Crippen molar-refractivity contribution in [3.05, 3.63) is 53.2 Å². The predicted octanol–water partition coefficient (Wildman–Crippen LogP) is 0.642. The number of anilines is 1. The topological polar surface area (TPSA) is 50.2 Å². The quantitative estimate of drug-likeness (QED) is 0.857. The maximum atomic E-state index is 11.7. The molecule has 1 N–H and O–H groups in total. The lowest BCUT2D eigenvalue weighted by atomic mass is 10.2. The SMILES string of the molecule is O=c1ccncn1-c1ccc(N2CCNCC2)cc1. The van der Waals surface area contributed by atoms with Crippen molar-refractivity contribution >= 4 is 5.69 Å². The van der Waals surface area contributed by atoms with Crippen LogP contribution in [-0.2, 0) is 0 Å². The highest BCUT2D eigenvalue weighted by Gasteiger charge is 2.10. The molecule has 1 fully saturated rings. The van der Waals surface area contributed by atoms with Gasteiger partial charge in [0, 0.05) is 44.1 Å². The van der Waals surface area contributed by atoms with E-state index in [1.165, 1.54) is 18.0 Å². The second-order valence-corrected chi connectivity index (χ2v) is 4.54. The normalized spacial score (nSPS) is 15.5. The van der Waals surface area contributed by atoms with Crippen LogP contribution in [0.3, 0.4) is 0 Å². The van der Waals surface area contributed by atoms with Gasteiger partial charge in [0.25, 0.3) is 5.56 Å². The number of nitrogens with one attached hydrogen (secondary N) is 1. The third kappa shape index (κ3) is 2.51. The molecule has 0 atom stereocenters. The van der Waals surface area contributed by atoms with Crippen molar-refractivity contribution in [3.63, 3.8) is 0 Å². The lowest BCUT2D eigenvalue weighted by Crippen LogP contribution is -2.43. The van der Waals surface area contributed by atoms with Crippen LogP contribution in [0.2, 0.25) is 0 Å². The van der Waals surface area contributed by atoms with Gasteiger partial charge in [-0.2, -0.15) is 0 Å². The highest BCUT2D eigenvalue weighted by molar-refractivity contribution is 5.51. The molecule has 0 amide bonds. The van der Waals surface area contributed by atoms with Crippen molar-refractivity contribution < 1.29 is 0 Å². The molecule has 1 aliphatic heterocycles. The fourth-order valence-electron chi connectivity index (χ4n) is 2.29. The highest BCUT2D eigenvalue weighted by Crippen LogP contribution is 2.16. The molecule has 98 valence electrons. The molecule has 0 unspecified atom stereocenters. The Labute approximate surface area is 111 Å². The van der Waals surface area contributed by atoms with Gasteiger partial charge in [-0.1, -0.05) is 0 Å². The first-order chi connectivity index (χ1) is 9.34. The van der Waals surface area contributed by atoms with Gasteiger partial charge in [0.1, 0.15) is 6.33 Å². The maximum Gasteiger partial charge on any atom is 0.257 e. The smallest absolute Gasteiger partial charge is 0.257 e. The van der Waals surface area contributed by atoms with Gasteiger partial charge in [-0.25, -0.2) is 4.98 Å². The van der Waals surface area contributed by atoms with Crippen LogP contribution in [0.1, 0.15) is 0 Å². The molecule has 1 aliphatic rings. The van der Waals surface area contributed by atoms with Crippen LogP contribution < -0.4 is 15.8 Å². The van der Waals surface area contributed by atoms with E-state index in [1.54, 1.807) is 10.9 Å². The van der Waals surface area contributed by atoms with Crippen LogP contribution in [0.4, 0.5) is 5.69 Å². The van der Waals surface area contributed by atoms with Gasteiger partial charge in [-0.05, 0) is 24.3 Å². The summed E-state index contributed by atoms with van der Waals surface area (Å²) < 4.78 is 1.54. The summed E-state index contributed by atoms with van der Waals surface area (Å²) in [6, 6.07) is 9.49. The average molecular weight is 256 g/mol. The second-order valence-electron chi connectivity index (χ2n) is 4.54. The molecule has 0 radical (unpaired) electrons. The van der Waals surface area contributed by atoms with Gasteiger partial charge in [-0.15, -0.1) is 0 Å². The van der Waals surface area contributed by atoms with Crippen LogP contribution in [0, 0.1) is 0 Å². The van der Waals surface area contributed by atoms with Gasteiger partial charge in [-0.3, -0.25) is 9.36 Å². The minimum atomic E-state index is -0.0649. The zero-order chi connectivity index (χ0) is 13.1. The van der Waals surface area contributed by atoms with Crippen molar-refractivity contribution in [1.29, 1.82) is 0 Å². The van der Waals surface area contributed by atoms with Crippen molar-refractivity contribution in [2.75, 3.05) is 31.1 Å². The molecule has 5 nitrogen and oxygen atoms in total. The zero-order valence-corrected chi connectivity index (χ0v) is 10.6. The summed E-state index contributed by atoms with van der Waals surface area (Å²) >= 11 is 0. The molecule has 0 spiro atoms. The largest absolute Gasteiger partial charge is 0.369 e. The molecule has 1 saturated heterocycles. The van der Waals surface area contributed by atoms with E-state index >= 15 is 0 Å². The molecule has 2 aromatic rings. The van der Waals surface area contributed by atoms with E-state index in [0.29, 0.717) is 0 Å². The lowest BCUT2D eigenvalue weighted by molar-refractivity contribution is 0.589. The Hall–Kier alpha value is -2.14. The van der Waals surface area contributed by atoms with Crippen LogP contribution in [0.25, 0.3) is 5.69 Å². The number of benzene rings is 1. The molecule has 5 heteroatoms. The summed E-state index contributed by atoms with van der Waals surface area (Å²) in [6.07, 6.45) is 3.05. The van der Waals surface area contributed by atoms with E-state index in [0.717, 1.165) is 31.9 Å². The molecule has 0 saturated carbocycles. The Morgan fingerprint density at radius 2 is 1.68 bits per heavy atom. The first-order valence-electron chi connectivity index (χ1n) is 6.43. The first kappa shape index (κ1) is 11.9. The van der Waals surface area contributed by atoms with Gasteiger partial charge in [0.15, 0.2) is 0 Å². The molecule has 19 heavy (non-hydrogen) atoms. The predicted molar refractivity (Wildman–Crippen MR) is 74.9 cm³/mol. The molecule has 2 heterocycles. The third-order valence-electron chi connectivity index (χ3n) is 3.33.